The Morgan fingerprint density at radius 3 is 2.75 bits per heavy atom. The van der Waals surface area contributed by atoms with Crippen LogP contribution in [0.15, 0.2) is 30.3 Å². The second kappa shape index (κ2) is 8.06. The van der Waals surface area contributed by atoms with Crippen molar-refractivity contribution < 1.29 is 9.59 Å². The molecule has 0 spiro atoms. The number of rotatable bonds is 6. The van der Waals surface area contributed by atoms with Gasteiger partial charge in [-0.2, -0.15) is 0 Å². The van der Waals surface area contributed by atoms with E-state index in [2.05, 4.69) is 36.1 Å². The van der Waals surface area contributed by atoms with E-state index in [9.17, 15) is 9.59 Å². The summed E-state index contributed by atoms with van der Waals surface area (Å²) in [6.07, 6.45) is 3.66. The molecule has 0 aliphatic carbocycles. The van der Waals surface area contributed by atoms with Gasteiger partial charge in [-0.25, -0.2) is 0 Å². The Hall–Kier alpha value is -1.49. The first-order valence-electron chi connectivity index (χ1n) is 8.96. The number of hydrogen-bond donors (Lipinski definition) is 0. The molecule has 2 amide bonds. The molecule has 0 unspecified atom stereocenters. The van der Waals surface area contributed by atoms with Gasteiger partial charge < -0.3 is 9.80 Å². The van der Waals surface area contributed by atoms with Crippen LogP contribution in [0.2, 0.25) is 0 Å². The van der Waals surface area contributed by atoms with E-state index in [1.54, 1.807) is 0 Å². The van der Waals surface area contributed by atoms with Crippen molar-refractivity contribution in [2.45, 2.75) is 44.6 Å². The molecule has 2 saturated heterocycles. The van der Waals surface area contributed by atoms with Crippen molar-refractivity contribution in [2.24, 2.45) is 0 Å². The normalized spacial score (nSPS) is 22.2. The van der Waals surface area contributed by atoms with Gasteiger partial charge in [-0.3, -0.25) is 9.59 Å². The minimum absolute atomic E-state index is 0.122. The van der Waals surface area contributed by atoms with Crippen LogP contribution >= 0.6 is 11.8 Å². The Balaban J connectivity index is 1.63. The number of hydrogen-bond acceptors (Lipinski definition) is 3. The fraction of sp³-hybridized carbons (Fsp3) is 0.579. The van der Waals surface area contributed by atoms with E-state index in [-0.39, 0.29) is 11.1 Å². The van der Waals surface area contributed by atoms with Crippen molar-refractivity contribution in [3.63, 3.8) is 0 Å². The van der Waals surface area contributed by atoms with E-state index in [0.29, 0.717) is 24.9 Å². The molecule has 1 aromatic carbocycles. The third kappa shape index (κ3) is 3.77. The van der Waals surface area contributed by atoms with Crippen LogP contribution in [-0.2, 0) is 4.79 Å². The number of amides is 2. The van der Waals surface area contributed by atoms with Crippen LogP contribution in [0.4, 0.5) is 4.79 Å². The summed E-state index contributed by atoms with van der Waals surface area (Å²) in [4.78, 5) is 28.3. The highest BCUT2D eigenvalue weighted by atomic mass is 32.2. The van der Waals surface area contributed by atoms with E-state index < -0.39 is 0 Å². The third-order valence-corrected chi connectivity index (χ3v) is 6.08. The number of carbonyl (C=O) groups is 2. The first kappa shape index (κ1) is 17.3. The topological polar surface area (TPSA) is 40.6 Å². The second-order valence-corrected chi connectivity index (χ2v) is 7.62. The largest absolute Gasteiger partial charge is 0.339 e. The van der Waals surface area contributed by atoms with Gasteiger partial charge in [-0.15, -0.1) is 0 Å². The molecule has 0 N–H and O–H groups in total. The average Bonchev–Trinajstić information content (AvgIpc) is 3.24. The van der Waals surface area contributed by atoms with Crippen LogP contribution in [0.25, 0.3) is 0 Å². The maximum absolute atomic E-state index is 12.8. The number of nitrogens with zero attached hydrogens (tertiary/aromatic N) is 2. The lowest BCUT2D eigenvalue weighted by atomic mass is 9.87. The molecule has 5 heteroatoms. The average molecular weight is 346 g/mol. The Kier molecular flexibility index (Phi) is 5.82. The summed E-state index contributed by atoms with van der Waals surface area (Å²) >= 11 is 1.36. The van der Waals surface area contributed by atoms with Gasteiger partial charge in [0, 0.05) is 43.8 Å². The molecule has 0 saturated carbocycles. The molecule has 24 heavy (non-hydrogen) atoms. The molecule has 3 rings (SSSR count). The standard InChI is InChI=1S/C19H26N2O2S/c1-2-16(15-7-4-3-5-8-15)17-9-6-11-21(17)18(22)10-12-20-13-14-24-19(20)23/h3-5,7-8,16-17H,2,6,9-14H2,1H3/t16-,17-/m1/s1. The molecule has 0 aromatic heterocycles. The van der Waals surface area contributed by atoms with Crippen LogP contribution in [0, 0.1) is 0 Å². The Bertz CT molecular complexity index is 578. The van der Waals surface area contributed by atoms with E-state index >= 15 is 0 Å². The molecule has 0 radical (unpaired) electrons. The highest BCUT2D eigenvalue weighted by Crippen LogP contribution is 2.34. The Labute approximate surface area is 148 Å². The van der Waals surface area contributed by atoms with Crippen molar-refractivity contribution in [2.75, 3.05) is 25.4 Å². The van der Waals surface area contributed by atoms with Gasteiger partial charge in [-0.05, 0) is 24.8 Å². The third-order valence-electron chi connectivity index (χ3n) is 5.19. The quantitative estimate of drug-likeness (QED) is 0.788. The number of carbonyl (C=O) groups excluding carboxylic acids is 2. The SMILES string of the molecule is CC[C@H](c1ccccc1)[C@H]1CCCN1C(=O)CCN1CCSC1=O. The van der Waals surface area contributed by atoms with Crippen LogP contribution in [-0.4, -0.2) is 52.4 Å². The first-order chi connectivity index (χ1) is 11.7. The highest BCUT2D eigenvalue weighted by Gasteiger charge is 2.34. The first-order valence-corrected chi connectivity index (χ1v) is 9.95. The molecule has 2 aliphatic heterocycles. The Morgan fingerprint density at radius 1 is 1.29 bits per heavy atom. The lowest BCUT2D eigenvalue weighted by Crippen LogP contribution is -2.40. The van der Waals surface area contributed by atoms with Gasteiger partial charge in [0.2, 0.25) is 5.91 Å². The summed E-state index contributed by atoms with van der Waals surface area (Å²) in [5.41, 5.74) is 1.33. The monoisotopic (exact) mass is 346 g/mol. The molecular formula is C19H26N2O2S. The van der Waals surface area contributed by atoms with Crippen LogP contribution in [0.3, 0.4) is 0 Å². The zero-order chi connectivity index (χ0) is 16.9. The minimum Gasteiger partial charge on any atom is -0.339 e. The van der Waals surface area contributed by atoms with E-state index in [4.69, 9.17) is 0 Å². The van der Waals surface area contributed by atoms with Crippen molar-refractivity contribution in [3.8, 4) is 0 Å². The fourth-order valence-electron chi connectivity index (χ4n) is 3.95. The zero-order valence-electron chi connectivity index (χ0n) is 14.3. The minimum atomic E-state index is 0.122. The van der Waals surface area contributed by atoms with Crippen molar-refractivity contribution in [1.82, 2.24) is 9.80 Å². The highest BCUT2D eigenvalue weighted by molar-refractivity contribution is 8.13. The van der Waals surface area contributed by atoms with Gasteiger partial charge in [0.1, 0.15) is 0 Å². The summed E-state index contributed by atoms with van der Waals surface area (Å²) in [6.45, 7) is 4.41. The van der Waals surface area contributed by atoms with Gasteiger partial charge in [0.25, 0.3) is 5.24 Å². The van der Waals surface area contributed by atoms with Crippen molar-refractivity contribution >= 4 is 22.9 Å². The summed E-state index contributed by atoms with van der Waals surface area (Å²) < 4.78 is 0. The lowest BCUT2D eigenvalue weighted by Gasteiger charge is -2.32. The summed E-state index contributed by atoms with van der Waals surface area (Å²) in [5, 5.41) is 0.122. The summed E-state index contributed by atoms with van der Waals surface area (Å²) in [6, 6.07) is 10.9. The zero-order valence-corrected chi connectivity index (χ0v) is 15.1. The van der Waals surface area contributed by atoms with Gasteiger partial charge >= 0.3 is 0 Å². The predicted octanol–water partition coefficient (Wildman–Crippen LogP) is 3.73. The molecule has 130 valence electrons. The van der Waals surface area contributed by atoms with Crippen LogP contribution in [0.1, 0.15) is 44.1 Å². The van der Waals surface area contributed by atoms with Gasteiger partial charge in [-0.1, -0.05) is 49.0 Å². The summed E-state index contributed by atoms with van der Waals surface area (Å²) in [5.74, 6) is 1.46. The smallest absolute Gasteiger partial charge is 0.281 e. The van der Waals surface area contributed by atoms with Crippen LogP contribution < -0.4 is 0 Å². The predicted molar refractivity (Wildman–Crippen MR) is 98.3 cm³/mol. The molecule has 4 nitrogen and oxygen atoms in total. The van der Waals surface area contributed by atoms with Gasteiger partial charge in [0.05, 0.1) is 0 Å². The summed E-state index contributed by atoms with van der Waals surface area (Å²) in [7, 11) is 0. The van der Waals surface area contributed by atoms with Crippen molar-refractivity contribution in [3.05, 3.63) is 35.9 Å². The number of benzene rings is 1. The second-order valence-electron chi connectivity index (χ2n) is 6.57. The number of thioether (sulfide) groups is 1. The van der Waals surface area contributed by atoms with Crippen molar-refractivity contribution in [1.29, 1.82) is 0 Å². The molecule has 2 atom stereocenters. The molecule has 0 bridgehead atoms. The van der Waals surface area contributed by atoms with E-state index in [1.165, 1.54) is 17.3 Å². The number of likely N-dealkylation sites (tertiary alicyclic amines) is 1. The molecule has 1 aromatic rings. The van der Waals surface area contributed by atoms with E-state index in [1.807, 2.05) is 11.0 Å². The molecule has 2 fully saturated rings. The maximum Gasteiger partial charge on any atom is 0.281 e. The molecule has 2 heterocycles. The fourth-order valence-corrected chi connectivity index (χ4v) is 4.81. The van der Waals surface area contributed by atoms with Crippen LogP contribution in [0.5, 0.6) is 0 Å². The molecular weight excluding hydrogens is 320 g/mol. The maximum atomic E-state index is 12.8. The lowest BCUT2D eigenvalue weighted by molar-refractivity contribution is -0.132. The van der Waals surface area contributed by atoms with E-state index in [0.717, 1.165) is 38.1 Å². The van der Waals surface area contributed by atoms with Gasteiger partial charge in [0.15, 0.2) is 0 Å². The Morgan fingerprint density at radius 2 is 2.08 bits per heavy atom. The molecule has 2 aliphatic rings.